The number of rotatable bonds is 3. The van der Waals surface area contributed by atoms with Crippen LogP contribution in [0.2, 0.25) is 0 Å². The fourth-order valence-electron chi connectivity index (χ4n) is 3.61. The molecule has 0 unspecified atom stereocenters. The number of likely N-dealkylation sites (tertiary alicyclic amines) is 1. The summed E-state index contributed by atoms with van der Waals surface area (Å²) in [7, 11) is 0. The number of nitrogens with one attached hydrogen (secondary N) is 1. The van der Waals surface area contributed by atoms with Crippen LogP contribution in [-0.4, -0.2) is 37.0 Å². The van der Waals surface area contributed by atoms with Crippen LogP contribution < -0.4 is 5.32 Å². The van der Waals surface area contributed by atoms with Crippen LogP contribution in [0, 0.1) is 23.5 Å². The van der Waals surface area contributed by atoms with Gasteiger partial charge in [0.1, 0.15) is 0 Å². The van der Waals surface area contributed by atoms with Crippen LogP contribution in [0.4, 0.5) is 8.78 Å². The maximum atomic E-state index is 13.6. The summed E-state index contributed by atoms with van der Waals surface area (Å²) < 4.78 is 26.8. The zero-order valence-electron chi connectivity index (χ0n) is 12.7. The summed E-state index contributed by atoms with van der Waals surface area (Å²) in [5, 5.41) is 3.41. The maximum Gasteiger partial charge on any atom is 0.222 e. The van der Waals surface area contributed by atoms with E-state index in [1.165, 1.54) is 6.07 Å². The molecule has 1 amide bonds. The average Bonchev–Trinajstić information content (AvgIpc) is 2.87. The van der Waals surface area contributed by atoms with E-state index in [-0.39, 0.29) is 24.3 Å². The molecule has 0 saturated carbocycles. The molecule has 3 rings (SSSR count). The highest BCUT2D eigenvalue weighted by atomic mass is 19.2. The minimum atomic E-state index is -0.847. The summed E-state index contributed by atoms with van der Waals surface area (Å²) in [6, 6.07) is 4.13. The number of hydrogen-bond donors (Lipinski definition) is 1. The van der Waals surface area contributed by atoms with Crippen molar-refractivity contribution in [3.8, 4) is 0 Å². The molecule has 0 bridgehead atoms. The van der Waals surface area contributed by atoms with Crippen molar-refractivity contribution < 1.29 is 13.6 Å². The van der Waals surface area contributed by atoms with E-state index in [0.29, 0.717) is 11.8 Å². The third kappa shape index (κ3) is 3.29. The Labute approximate surface area is 129 Å². The third-order valence-corrected chi connectivity index (χ3v) is 5.01. The molecule has 1 aromatic rings. The molecular weight excluding hydrogens is 286 g/mol. The van der Waals surface area contributed by atoms with Gasteiger partial charge in [-0.3, -0.25) is 4.79 Å². The summed E-state index contributed by atoms with van der Waals surface area (Å²) in [6.45, 7) is 3.68. The molecule has 2 aliphatic heterocycles. The van der Waals surface area contributed by atoms with Gasteiger partial charge in [0.2, 0.25) is 5.91 Å². The second kappa shape index (κ2) is 6.73. The number of fused-ring (bicyclic) bond motifs is 1. The van der Waals surface area contributed by atoms with Gasteiger partial charge in [-0.15, -0.1) is 0 Å². The molecular formula is C17H22F2N2O. The van der Waals surface area contributed by atoms with E-state index < -0.39 is 11.6 Å². The normalized spacial score (nSPS) is 24.9. The number of aryl methyl sites for hydroxylation is 1. The van der Waals surface area contributed by atoms with Crippen LogP contribution in [0.3, 0.4) is 0 Å². The second-order valence-corrected chi connectivity index (χ2v) is 6.35. The molecule has 1 N–H and O–H groups in total. The van der Waals surface area contributed by atoms with E-state index in [2.05, 4.69) is 5.32 Å². The van der Waals surface area contributed by atoms with E-state index in [4.69, 9.17) is 0 Å². The van der Waals surface area contributed by atoms with Crippen molar-refractivity contribution in [3.63, 3.8) is 0 Å². The average molecular weight is 308 g/mol. The van der Waals surface area contributed by atoms with Crippen molar-refractivity contribution in [2.75, 3.05) is 26.2 Å². The Balaban J connectivity index is 1.54. The van der Waals surface area contributed by atoms with Crippen molar-refractivity contribution in [2.45, 2.75) is 25.7 Å². The molecule has 2 atom stereocenters. The molecule has 2 heterocycles. The molecule has 3 nitrogen and oxygen atoms in total. The molecule has 2 saturated heterocycles. The maximum absolute atomic E-state index is 13.6. The van der Waals surface area contributed by atoms with Crippen molar-refractivity contribution >= 4 is 5.91 Å². The van der Waals surface area contributed by atoms with Gasteiger partial charge in [0.25, 0.3) is 0 Å². The Bertz CT molecular complexity index is 535. The molecule has 2 fully saturated rings. The molecule has 0 aliphatic carbocycles. The molecule has 1 aromatic carbocycles. The lowest BCUT2D eigenvalue weighted by Crippen LogP contribution is -2.33. The fraction of sp³-hybridized carbons (Fsp3) is 0.588. The molecule has 120 valence electrons. The zero-order chi connectivity index (χ0) is 15.5. The van der Waals surface area contributed by atoms with E-state index >= 15 is 0 Å². The van der Waals surface area contributed by atoms with Crippen molar-refractivity contribution in [3.05, 3.63) is 35.4 Å². The van der Waals surface area contributed by atoms with Crippen LogP contribution >= 0.6 is 0 Å². The highest BCUT2D eigenvalue weighted by Gasteiger charge is 2.31. The van der Waals surface area contributed by atoms with Crippen LogP contribution in [0.1, 0.15) is 24.8 Å². The molecule has 5 heteroatoms. The summed E-state index contributed by atoms with van der Waals surface area (Å²) >= 11 is 0. The summed E-state index contributed by atoms with van der Waals surface area (Å²) in [6.07, 6.45) is 2.58. The van der Waals surface area contributed by atoms with Gasteiger partial charge < -0.3 is 10.2 Å². The van der Waals surface area contributed by atoms with Crippen molar-refractivity contribution in [1.82, 2.24) is 10.2 Å². The summed E-state index contributed by atoms with van der Waals surface area (Å²) in [4.78, 5) is 14.2. The highest BCUT2D eigenvalue weighted by Crippen LogP contribution is 2.27. The lowest BCUT2D eigenvalue weighted by molar-refractivity contribution is -0.131. The Kier molecular flexibility index (Phi) is 4.71. The number of hydrogen-bond acceptors (Lipinski definition) is 2. The Morgan fingerprint density at radius 2 is 1.86 bits per heavy atom. The first kappa shape index (κ1) is 15.4. The number of nitrogens with zero attached hydrogens (tertiary/aromatic N) is 1. The summed E-state index contributed by atoms with van der Waals surface area (Å²) in [5.41, 5.74) is 0.282. The minimum Gasteiger partial charge on any atom is -0.343 e. The van der Waals surface area contributed by atoms with E-state index in [0.717, 1.165) is 45.1 Å². The summed E-state index contributed by atoms with van der Waals surface area (Å²) in [5.74, 6) is -0.264. The molecule has 0 spiro atoms. The number of benzene rings is 1. The third-order valence-electron chi connectivity index (χ3n) is 5.01. The van der Waals surface area contributed by atoms with Gasteiger partial charge in [-0.2, -0.15) is 0 Å². The topological polar surface area (TPSA) is 32.3 Å². The first-order valence-electron chi connectivity index (χ1n) is 8.06. The Hall–Kier alpha value is -1.49. The Morgan fingerprint density at radius 1 is 1.18 bits per heavy atom. The van der Waals surface area contributed by atoms with Gasteiger partial charge in [0.05, 0.1) is 0 Å². The van der Waals surface area contributed by atoms with Crippen molar-refractivity contribution in [1.29, 1.82) is 0 Å². The molecule has 2 aliphatic rings. The SMILES string of the molecule is O=C(CCc1cccc(F)c1F)N1CC[C@@H]2CNC[C@@H]2CC1. The lowest BCUT2D eigenvalue weighted by atomic mass is 9.92. The van der Waals surface area contributed by atoms with Crippen LogP contribution in [-0.2, 0) is 11.2 Å². The van der Waals surface area contributed by atoms with E-state index in [9.17, 15) is 13.6 Å². The van der Waals surface area contributed by atoms with Crippen LogP contribution in [0.25, 0.3) is 0 Å². The van der Waals surface area contributed by atoms with Gasteiger partial charge in [0, 0.05) is 19.5 Å². The predicted molar refractivity (Wildman–Crippen MR) is 80.3 cm³/mol. The van der Waals surface area contributed by atoms with Gasteiger partial charge in [0.15, 0.2) is 11.6 Å². The standard InChI is InChI=1S/C17H22F2N2O/c18-15-3-1-2-12(17(15)19)4-5-16(22)21-8-6-13-10-20-11-14(13)7-9-21/h1-3,13-14,20H,4-11H2/t13-,14+. The first-order chi connectivity index (χ1) is 10.6. The van der Waals surface area contributed by atoms with Gasteiger partial charge in [-0.25, -0.2) is 8.78 Å². The molecule has 0 aromatic heterocycles. The monoisotopic (exact) mass is 308 g/mol. The predicted octanol–water partition coefficient (Wildman–Crippen LogP) is 2.36. The van der Waals surface area contributed by atoms with E-state index in [1.807, 2.05) is 4.90 Å². The smallest absolute Gasteiger partial charge is 0.222 e. The highest BCUT2D eigenvalue weighted by molar-refractivity contribution is 5.76. The second-order valence-electron chi connectivity index (χ2n) is 6.35. The number of halogens is 2. The van der Waals surface area contributed by atoms with Gasteiger partial charge in [-0.05, 0) is 55.8 Å². The molecule has 0 radical (unpaired) electrons. The number of carbonyl (C=O) groups excluding carboxylic acids is 1. The number of amides is 1. The Morgan fingerprint density at radius 3 is 2.55 bits per heavy atom. The van der Waals surface area contributed by atoms with E-state index in [1.54, 1.807) is 6.07 Å². The minimum absolute atomic E-state index is 0.0524. The lowest BCUT2D eigenvalue weighted by Gasteiger charge is -2.21. The molecule has 22 heavy (non-hydrogen) atoms. The van der Waals surface area contributed by atoms with Gasteiger partial charge in [-0.1, -0.05) is 12.1 Å². The van der Waals surface area contributed by atoms with Gasteiger partial charge >= 0.3 is 0 Å². The number of carbonyl (C=O) groups is 1. The quantitative estimate of drug-likeness (QED) is 0.930. The fourth-order valence-corrected chi connectivity index (χ4v) is 3.61. The van der Waals surface area contributed by atoms with Crippen LogP contribution in [0.5, 0.6) is 0 Å². The first-order valence-corrected chi connectivity index (χ1v) is 8.06. The van der Waals surface area contributed by atoms with Crippen molar-refractivity contribution in [2.24, 2.45) is 11.8 Å². The zero-order valence-corrected chi connectivity index (χ0v) is 12.7. The van der Waals surface area contributed by atoms with Crippen LogP contribution in [0.15, 0.2) is 18.2 Å². The largest absolute Gasteiger partial charge is 0.343 e.